The summed E-state index contributed by atoms with van der Waals surface area (Å²) in [6.07, 6.45) is 9.40. The number of hydrogen-bond donors (Lipinski definition) is 1. The van der Waals surface area contributed by atoms with Crippen LogP contribution in [0.3, 0.4) is 0 Å². The second-order valence-electron chi connectivity index (χ2n) is 4.63. The quantitative estimate of drug-likeness (QED) is 0.640. The predicted octanol–water partition coefficient (Wildman–Crippen LogP) is 3.94. The van der Waals surface area contributed by atoms with Crippen LogP contribution in [0.5, 0.6) is 0 Å². The third-order valence-electron chi connectivity index (χ3n) is 3.08. The van der Waals surface area contributed by atoms with Crippen molar-refractivity contribution in [2.24, 2.45) is 0 Å². The van der Waals surface area contributed by atoms with Crippen molar-refractivity contribution in [3.63, 3.8) is 0 Å². The van der Waals surface area contributed by atoms with E-state index in [0.717, 1.165) is 13.0 Å². The van der Waals surface area contributed by atoms with Crippen LogP contribution in [-0.2, 0) is 6.42 Å². The number of nitrogens with zero attached hydrogens (tertiary/aromatic N) is 1. The number of unbranched alkanes of at least 4 members (excludes halogenated alkanes) is 5. The Balaban J connectivity index is 1.86. The van der Waals surface area contributed by atoms with Gasteiger partial charge in [-0.25, -0.2) is 4.98 Å². The van der Waals surface area contributed by atoms with Crippen LogP contribution in [0.2, 0.25) is 0 Å². The molecule has 0 atom stereocenters. The molecule has 0 aromatic carbocycles. The van der Waals surface area contributed by atoms with Crippen LogP contribution in [0.1, 0.15) is 56.0 Å². The highest BCUT2D eigenvalue weighted by Crippen LogP contribution is 2.11. The molecule has 0 radical (unpaired) electrons. The van der Waals surface area contributed by atoms with Gasteiger partial charge in [0.1, 0.15) is 0 Å². The second kappa shape index (κ2) is 9.60. The molecule has 0 bridgehead atoms. The molecule has 0 saturated carbocycles. The highest BCUT2D eigenvalue weighted by molar-refractivity contribution is 7.09. The minimum atomic E-state index is 1.10. The highest BCUT2D eigenvalue weighted by Gasteiger charge is 1.99. The van der Waals surface area contributed by atoms with Crippen LogP contribution in [0.15, 0.2) is 5.51 Å². The Morgan fingerprint density at radius 3 is 2.59 bits per heavy atom. The van der Waals surface area contributed by atoms with E-state index < -0.39 is 0 Å². The summed E-state index contributed by atoms with van der Waals surface area (Å²) in [5.74, 6) is 0. The molecule has 0 unspecified atom stereocenters. The topological polar surface area (TPSA) is 24.9 Å². The van der Waals surface area contributed by atoms with Crippen molar-refractivity contribution in [2.75, 3.05) is 13.1 Å². The molecule has 1 heterocycles. The Hall–Kier alpha value is -0.410. The summed E-state index contributed by atoms with van der Waals surface area (Å²) in [7, 11) is 0. The van der Waals surface area contributed by atoms with Gasteiger partial charge in [0, 0.05) is 11.4 Å². The lowest BCUT2D eigenvalue weighted by atomic mass is 10.1. The summed E-state index contributed by atoms with van der Waals surface area (Å²) >= 11 is 1.78. The Bertz CT molecular complexity index is 284. The maximum Gasteiger partial charge on any atom is 0.0797 e. The van der Waals surface area contributed by atoms with Gasteiger partial charge >= 0.3 is 0 Å². The summed E-state index contributed by atoms with van der Waals surface area (Å²) in [4.78, 5) is 5.70. The first kappa shape index (κ1) is 14.7. The van der Waals surface area contributed by atoms with Gasteiger partial charge in [0.2, 0.25) is 0 Å². The smallest absolute Gasteiger partial charge is 0.0797 e. The van der Waals surface area contributed by atoms with E-state index in [2.05, 4.69) is 24.1 Å². The normalized spacial score (nSPS) is 10.9. The zero-order valence-corrected chi connectivity index (χ0v) is 12.1. The van der Waals surface area contributed by atoms with Gasteiger partial charge in [-0.1, -0.05) is 39.0 Å². The largest absolute Gasteiger partial charge is 0.316 e. The number of aryl methyl sites for hydroxylation is 1. The molecular formula is C14H26N2S. The Morgan fingerprint density at radius 1 is 1.12 bits per heavy atom. The van der Waals surface area contributed by atoms with E-state index in [9.17, 15) is 0 Å². The minimum Gasteiger partial charge on any atom is -0.316 e. The van der Waals surface area contributed by atoms with Gasteiger partial charge in [-0.05, 0) is 26.3 Å². The standard InChI is InChI=1S/C14H26N2S/c1-3-4-5-6-7-8-10-15-11-9-14-13(2)16-12-17-14/h12,15H,3-11H2,1-2H3. The number of thiazole rings is 1. The zero-order valence-electron chi connectivity index (χ0n) is 11.3. The van der Waals surface area contributed by atoms with Crippen molar-refractivity contribution in [3.8, 4) is 0 Å². The summed E-state index contributed by atoms with van der Waals surface area (Å²) in [5, 5.41) is 3.52. The van der Waals surface area contributed by atoms with E-state index in [1.807, 2.05) is 5.51 Å². The molecule has 0 spiro atoms. The molecule has 0 saturated heterocycles. The molecule has 0 aliphatic carbocycles. The van der Waals surface area contributed by atoms with Gasteiger partial charge in [-0.3, -0.25) is 0 Å². The van der Waals surface area contributed by atoms with Crippen LogP contribution >= 0.6 is 11.3 Å². The lowest BCUT2D eigenvalue weighted by Crippen LogP contribution is -2.18. The van der Waals surface area contributed by atoms with E-state index in [1.165, 1.54) is 55.6 Å². The monoisotopic (exact) mass is 254 g/mol. The van der Waals surface area contributed by atoms with Gasteiger partial charge in [0.25, 0.3) is 0 Å². The molecule has 1 aromatic rings. The van der Waals surface area contributed by atoms with Crippen LogP contribution in [0.4, 0.5) is 0 Å². The maximum atomic E-state index is 4.26. The fourth-order valence-corrected chi connectivity index (χ4v) is 2.70. The lowest BCUT2D eigenvalue weighted by molar-refractivity contribution is 0.573. The van der Waals surface area contributed by atoms with Crippen LogP contribution in [-0.4, -0.2) is 18.1 Å². The van der Waals surface area contributed by atoms with Crippen LogP contribution in [0, 0.1) is 6.92 Å². The fourth-order valence-electron chi connectivity index (χ4n) is 1.92. The Kier molecular flexibility index (Phi) is 8.28. The first-order valence-corrected chi connectivity index (χ1v) is 7.82. The number of rotatable bonds is 10. The highest BCUT2D eigenvalue weighted by atomic mass is 32.1. The van der Waals surface area contributed by atoms with Gasteiger partial charge in [-0.2, -0.15) is 0 Å². The molecule has 0 fully saturated rings. The van der Waals surface area contributed by atoms with E-state index in [-0.39, 0.29) is 0 Å². The molecule has 0 aliphatic heterocycles. The summed E-state index contributed by atoms with van der Waals surface area (Å²) in [6.45, 7) is 6.63. The van der Waals surface area contributed by atoms with Crippen molar-refractivity contribution in [1.29, 1.82) is 0 Å². The van der Waals surface area contributed by atoms with E-state index in [4.69, 9.17) is 0 Å². The predicted molar refractivity (Wildman–Crippen MR) is 76.8 cm³/mol. The van der Waals surface area contributed by atoms with Crippen molar-refractivity contribution in [2.45, 2.75) is 58.8 Å². The van der Waals surface area contributed by atoms with Crippen molar-refractivity contribution in [1.82, 2.24) is 10.3 Å². The minimum absolute atomic E-state index is 1.10. The average molecular weight is 254 g/mol. The zero-order chi connectivity index (χ0) is 12.3. The van der Waals surface area contributed by atoms with E-state index >= 15 is 0 Å². The maximum absolute atomic E-state index is 4.26. The molecule has 2 nitrogen and oxygen atoms in total. The summed E-state index contributed by atoms with van der Waals surface area (Å²) in [5.41, 5.74) is 3.15. The third-order valence-corrected chi connectivity index (χ3v) is 4.08. The summed E-state index contributed by atoms with van der Waals surface area (Å²) < 4.78 is 0. The molecule has 1 aromatic heterocycles. The molecule has 3 heteroatoms. The fraction of sp³-hybridized carbons (Fsp3) is 0.786. The SMILES string of the molecule is CCCCCCCCNCCc1scnc1C. The molecule has 98 valence electrons. The van der Waals surface area contributed by atoms with Crippen molar-refractivity contribution >= 4 is 11.3 Å². The Labute approximate surface area is 110 Å². The number of aromatic nitrogens is 1. The first-order valence-electron chi connectivity index (χ1n) is 6.94. The van der Waals surface area contributed by atoms with Gasteiger partial charge in [-0.15, -0.1) is 11.3 Å². The third kappa shape index (κ3) is 6.79. The molecule has 17 heavy (non-hydrogen) atoms. The first-order chi connectivity index (χ1) is 8.34. The van der Waals surface area contributed by atoms with Gasteiger partial charge in [0.15, 0.2) is 0 Å². The Morgan fingerprint density at radius 2 is 1.88 bits per heavy atom. The summed E-state index contributed by atoms with van der Waals surface area (Å²) in [6, 6.07) is 0. The van der Waals surface area contributed by atoms with Crippen LogP contribution < -0.4 is 5.32 Å². The number of hydrogen-bond acceptors (Lipinski definition) is 3. The lowest BCUT2D eigenvalue weighted by Gasteiger charge is -2.04. The molecule has 1 rings (SSSR count). The van der Waals surface area contributed by atoms with Crippen molar-refractivity contribution in [3.05, 3.63) is 16.1 Å². The number of nitrogens with one attached hydrogen (secondary N) is 1. The average Bonchev–Trinajstić information content (AvgIpc) is 2.73. The second-order valence-corrected chi connectivity index (χ2v) is 5.57. The molecular weight excluding hydrogens is 228 g/mol. The molecule has 0 aliphatic rings. The van der Waals surface area contributed by atoms with Crippen LogP contribution in [0.25, 0.3) is 0 Å². The van der Waals surface area contributed by atoms with Crippen molar-refractivity contribution < 1.29 is 0 Å². The molecule has 0 amide bonds. The van der Waals surface area contributed by atoms with Gasteiger partial charge in [0.05, 0.1) is 11.2 Å². The van der Waals surface area contributed by atoms with E-state index in [0.29, 0.717) is 0 Å². The molecule has 1 N–H and O–H groups in total. The van der Waals surface area contributed by atoms with Gasteiger partial charge < -0.3 is 5.32 Å². The van der Waals surface area contributed by atoms with E-state index in [1.54, 1.807) is 11.3 Å².